The van der Waals surface area contributed by atoms with Crippen molar-refractivity contribution in [3.05, 3.63) is 24.3 Å². The van der Waals surface area contributed by atoms with Crippen LogP contribution in [0.25, 0.3) is 0 Å². The van der Waals surface area contributed by atoms with E-state index in [0.29, 0.717) is 12.1 Å². The van der Waals surface area contributed by atoms with Crippen molar-refractivity contribution in [3.8, 4) is 0 Å². The highest BCUT2D eigenvalue weighted by atomic mass is 32.2. The molecular formula is C12H18N2O4S. The molecule has 0 saturated carbocycles. The molecule has 0 amide bonds. The molecule has 4 N–H and O–H groups in total. The van der Waals surface area contributed by atoms with Crippen molar-refractivity contribution >= 4 is 21.7 Å². The summed E-state index contributed by atoms with van der Waals surface area (Å²) in [6, 6.07) is 6.14. The van der Waals surface area contributed by atoms with Gasteiger partial charge in [0.25, 0.3) is 0 Å². The van der Waals surface area contributed by atoms with Crippen LogP contribution < -0.4 is 10.5 Å². The number of carboxylic acids is 1. The fourth-order valence-corrected chi connectivity index (χ4v) is 2.22. The molecule has 0 bridgehead atoms. The molecule has 1 atom stereocenters. The Bertz CT molecular complexity index is 571. The van der Waals surface area contributed by atoms with Crippen molar-refractivity contribution in [2.24, 2.45) is 10.6 Å². The van der Waals surface area contributed by atoms with Crippen molar-refractivity contribution in [3.63, 3.8) is 0 Å². The predicted molar refractivity (Wildman–Crippen MR) is 72.3 cm³/mol. The second-order valence-electron chi connectivity index (χ2n) is 4.61. The zero-order valence-corrected chi connectivity index (χ0v) is 11.7. The standard InChI is InChI=1S/C12H18N2O4S/c1-3-12(2,11(15)16)8-14-9-6-4-5-7-10(9)19(13,17)18/h4-7,14H,3,8H2,1-2H3,(H,15,16)(H2,13,17,18). The molecule has 1 rings (SSSR count). The van der Waals surface area contributed by atoms with Crippen LogP contribution in [0.4, 0.5) is 5.69 Å². The van der Waals surface area contributed by atoms with E-state index in [-0.39, 0.29) is 11.4 Å². The summed E-state index contributed by atoms with van der Waals surface area (Å²) in [4.78, 5) is 11.1. The molecule has 0 aliphatic carbocycles. The van der Waals surface area contributed by atoms with Gasteiger partial charge in [0, 0.05) is 6.54 Å². The number of carbonyl (C=O) groups is 1. The molecule has 1 aromatic rings. The minimum absolute atomic E-state index is 0.0427. The number of para-hydroxylation sites is 1. The van der Waals surface area contributed by atoms with Crippen LogP contribution in [-0.2, 0) is 14.8 Å². The van der Waals surface area contributed by atoms with E-state index < -0.39 is 21.4 Å². The molecular weight excluding hydrogens is 268 g/mol. The van der Waals surface area contributed by atoms with Gasteiger partial charge in [0.05, 0.1) is 11.1 Å². The highest BCUT2D eigenvalue weighted by Crippen LogP contribution is 2.25. The van der Waals surface area contributed by atoms with Gasteiger partial charge in [0.1, 0.15) is 4.90 Å². The van der Waals surface area contributed by atoms with Crippen LogP contribution in [0.1, 0.15) is 20.3 Å². The predicted octanol–water partition coefficient (Wildman–Crippen LogP) is 1.25. The molecule has 6 nitrogen and oxygen atoms in total. The van der Waals surface area contributed by atoms with Crippen molar-refractivity contribution in [1.29, 1.82) is 0 Å². The minimum atomic E-state index is -3.84. The Morgan fingerprint density at radius 2 is 2.00 bits per heavy atom. The van der Waals surface area contributed by atoms with Crippen LogP contribution in [0.3, 0.4) is 0 Å². The van der Waals surface area contributed by atoms with E-state index in [9.17, 15) is 13.2 Å². The molecule has 0 fully saturated rings. The summed E-state index contributed by atoms with van der Waals surface area (Å²) < 4.78 is 22.8. The molecule has 0 aromatic heterocycles. The van der Waals surface area contributed by atoms with Gasteiger partial charge in [0.2, 0.25) is 10.0 Å². The first-order valence-electron chi connectivity index (χ1n) is 5.80. The Balaban J connectivity index is 2.99. The number of hydrogen-bond acceptors (Lipinski definition) is 4. The number of sulfonamides is 1. The minimum Gasteiger partial charge on any atom is -0.481 e. The monoisotopic (exact) mass is 286 g/mol. The van der Waals surface area contributed by atoms with Gasteiger partial charge >= 0.3 is 5.97 Å². The molecule has 0 heterocycles. The molecule has 0 spiro atoms. The lowest BCUT2D eigenvalue weighted by Crippen LogP contribution is -2.34. The summed E-state index contributed by atoms with van der Waals surface area (Å²) in [5, 5.41) is 17.1. The maximum absolute atomic E-state index is 11.4. The fraction of sp³-hybridized carbons (Fsp3) is 0.417. The quantitative estimate of drug-likeness (QED) is 0.729. The first-order valence-corrected chi connectivity index (χ1v) is 7.34. The highest BCUT2D eigenvalue weighted by Gasteiger charge is 2.31. The average Bonchev–Trinajstić information content (AvgIpc) is 2.35. The molecule has 106 valence electrons. The lowest BCUT2D eigenvalue weighted by atomic mass is 9.87. The maximum Gasteiger partial charge on any atom is 0.311 e. The van der Waals surface area contributed by atoms with Gasteiger partial charge in [-0.3, -0.25) is 4.79 Å². The number of anilines is 1. The largest absolute Gasteiger partial charge is 0.481 e. The summed E-state index contributed by atoms with van der Waals surface area (Å²) >= 11 is 0. The fourth-order valence-electron chi connectivity index (χ4n) is 1.50. The summed E-state index contributed by atoms with van der Waals surface area (Å²) in [6.07, 6.45) is 0.423. The van der Waals surface area contributed by atoms with Gasteiger partial charge in [-0.05, 0) is 25.5 Å². The van der Waals surface area contributed by atoms with Gasteiger partial charge in [-0.1, -0.05) is 19.1 Å². The van der Waals surface area contributed by atoms with Crippen LogP contribution >= 0.6 is 0 Å². The summed E-state index contributed by atoms with van der Waals surface area (Å²) in [5.74, 6) is -0.935. The molecule has 0 saturated heterocycles. The number of hydrogen-bond donors (Lipinski definition) is 3. The molecule has 0 aliphatic rings. The first kappa shape index (κ1) is 15.5. The van der Waals surface area contributed by atoms with E-state index in [0.717, 1.165) is 0 Å². The molecule has 1 aromatic carbocycles. The van der Waals surface area contributed by atoms with Gasteiger partial charge in [-0.2, -0.15) is 0 Å². The Kier molecular flexibility index (Phi) is 4.54. The number of benzene rings is 1. The number of rotatable bonds is 6. The third-order valence-electron chi connectivity index (χ3n) is 3.16. The van der Waals surface area contributed by atoms with Gasteiger partial charge in [-0.15, -0.1) is 0 Å². The Morgan fingerprint density at radius 1 is 1.42 bits per heavy atom. The zero-order chi connectivity index (χ0) is 14.7. The van der Waals surface area contributed by atoms with Gasteiger partial charge in [-0.25, -0.2) is 13.6 Å². The maximum atomic E-state index is 11.4. The molecule has 19 heavy (non-hydrogen) atoms. The van der Waals surface area contributed by atoms with E-state index in [4.69, 9.17) is 10.2 Å². The van der Waals surface area contributed by atoms with E-state index >= 15 is 0 Å². The van der Waals surface area contributed by atoms with Crippen LogP contribution in [0, 0.1) is 5.41 Å². The Morgan fingerprint density at radius 3 is 2.47 bits per heavy atom. The summed E-state index contributed by atoms with van der Waals surface area (Å²) in [7, 11) is -3.84. The van der Waals surface area contributed by atoms with Crippen LogP contribution in [0.2, 0.25) is 0 Å². The summed E-state index contributed by atoms with van der Waals surface area (Å²) in [6.45, 7) is 3.48. The number of nitrogens with one attached hydrogen (secondary N) is 1. The lowest BCUT2D eigenvalue weighted by molar-refractivity contribution is -0.147. The Labute approximate surface area is 112 Å². The lowest BCUT2D eigenvalue weighted by Gasteiger charge is -2.24. The van der Waals surface area contributed by atoms with E-state index in [1.807, 2.05) is 0 Å². The molecule has 0 radical (unpaired) electrons. The van der Waals surface area contributed by atoms with Crippen molar-refractivity contribution in [2.45, 2.75) is 25.2 Å². The second kappa shape index (κ2) is 5.58. The summed E-state index contributed by atoms with van der Waals surface area (Å²) in [5.41, 5.74) is -0.656. The normalized spacial score (nSPS) is 14.7. The van der Waals surface area contributed by atoms with E-state index in [1.165, 1.54) is 6.07 Å². The first-order chi connectivity index (χ1) is 8.70. The van der Waals surface area contributed by atoms with Gasteiger partial charge < -0.3 is 10.4 Å². The average molecular weight is 286 g/mol. The smallest absolute Gasteiger partial charge is 0.311 e. The van der Waals surface area contributed by atoms with Crippen molar-refractivity contribution in [2.75, 3.05) is 11.9 Å². The van der Waals surface area contributed by atoms with E-state index in [2.05, 4.69) is 5.32 Å². The number of primary sulfonamides is 1. The number of aliphatic carboxylic acids is 1. The third-order valence-corrected chi connectivity index (χ3v) is 4.13. The van der Waals surface area contributed by atoms with Crippen LogP contribution in [0.15, 0.2) is 29.2 Å². The van der Waals surface area contributed by atoms with Crippen LogP contribution in [-0.4, -0.2) is 26.0 Å². The molecule has 1 unspecified atom stereocenters. The zero-order valence-electron chi connectivity index (χ0n) is 10.9. The second-order valence-corrected chi connectivity index (χ2v) is 6.14. The number of nitrogens with two attached hydrogens (primary N) is 1. The number of carboxylic acid groups (broad SMARTS) is 1. The van der Waals surface area contributed by atoms with Crippen LogP contribution in [0.5, 0.6) is 0 Å². The SMILES string of the molecule is CCC(C)(CNc1ccccc1S(N)(=O)=O)C(=O)O. The van der Waals surface area contributed by atoms with E-state index in [1.54, 1.807) is 32.0 Å². The molecule has 0 aliphatic heterocycles. The topological polar surface area (TPSA) is 109 Å². The Hall–Kier alpha value is -1.60. The third kappa shape index (κ3) is 3.68. The van der Waals surface area contributed by atoms with Crippen molar-refractivity contribution in [1.82, 2.24) is 0 Å². The van der Waals surface area contributed by atoms with Crippen molar-refractivity contribution < 1.29 is 18.3 Å². The molecule has 7 heteroatoms. The highest BCUT2D eigenvalue weighted by molar-refractivity contribution is 7.89. The van der Waals surface area contributed by atoms with Gasteiger partial charge in [0.15, 0.2) is 0 Å².